The average molecular weight is 320 g/mol. The summed E-state index contributed by atoms with van der Waals surface area (Å²) in [5, 5.41) is 3.22. The summed E-state index contributed by atoms with van der Waals surface area (Å²) in [4.78, 5) is 6.12. The Morgan fingerprint density at radius 2 is 1.68 bits per heavy atom. The molecule has 0 aliphatic carbocycles. The van der Waals surface area contributed by atoms with Crippen molar-refractivity contribution >= 4 is 32.9 Å². The highest BCUT2D eigenvalue weighted by Gasteiger charge is 2.07. The number of hydrogen-bond donors (Lipinski definition) is 2. The van der Waals surface area contributed by atoms with E-state index in [0.29, 0.717) is 5.82 Å². The van der Waals surface area contributed by atoms with Gasteiger partial charge in [-0.05, 0) is 43.3 Å². The Morgan fingerprint density at radius 3 is 2.18 bits per heavy atom. The van der Waals surface area contributed by atoms with Gasteiger partial charge in [0, 0.05) is 25.5 Å². The molecule has 0 aliphatic rings. The second-order valence-corrected chi connectivity index (χ2v) is 7.01. The Balaban J connectivity index is 2.05. The molecule has 6 nitrogen and oxygen atoms in total. The van der Waals surface area contributed by atoms with Gasteiger partial charge in [-0.25, -0.2) is 13.4 Å². The third-order valence-corrected chi connectivity index (χ3v) is 4.36. The van der Waals surface area contributed by atoms with Gasteiger partial charge in [0.25, 0.3) is 0 Å². The summed E-state index contributed by atoms with van der Waals surface area (Å²) < 4.78 is 25.3. The summed E-state index contributed by atoms with van der Waals surface area (Å²) in [6.45, 7) is 1.58. The Kier molecular flexibility index (Phi) is 4.87. The van der Waals surface area contributed by atoms with Crippen molar-refractivity contribution in [3.63, 3.8) is 0 Å². The van der Waals surface area contributed by atoms with Crippen LogP contribution in [0.5, 0.6) is 0 Å². The van der Waals surface area contributed by atoms with Gasteiger partial charge in [-0.15, -0.1) is 0 Å². The lowest BCUT2D eigenvalue weighted by atomic mass is 10.2. The molecule has 7 heteroatoms. The van der Waals surface area contributed by atoms with E-state index in [1.165, 1.54) is 0 Å². The molecule has 0 saturated heterocycles. The predicted molar refractivity (Wildman–Crippen MR) is 91.4 cm³/mol. The Hall–Kier alpha value is -2.28. The zero-order chi connectivity index (χ0) is 16.2. The largest absolute Gasteiger partial charge is 0.378 e. The van der Waals surface area contributed by atoms with Gasteiger partial charge < -0.3 is 10.2 Å². The summed E-state index contributed by atoms with van der Waals surface area (Å²) in [6.07, 6.45) is 1.59. The maximum absolute atomic E-state index is 11.5. The van der Waals surface area contributed by atoms with E-state index in [9.17, 15) is 8.42 Å². The van der Waals surface area contributed by atoms with Crippen LogP contribution in [-0.2, 0) is 10.0 Å². The summed E-state index contributed by atoms with van der Waals surface area (Å²) in [7, 11) is 0.682. The van der Waals surface area contributed by atoms with Crippen molar-refractivity contribution in [3.8, 4) is 0 Å². The van der Waals surface area contributed by atoms with Gasteiger partial charge in [0.2, 0.25) is 10.0 Å². The van der Waals surface area contributed by atoms with Crippen LogP contribution in [0.4, 0.5) is 22.9 Å². The smallest absolute Gasteiger partial charge is 0.233 e. The first-order valence-corrected chi connectivity index (χ1v) is 8.56. The fourth-order valence-electron chi connectivity index (χ4n) is 1.77. The predicted octanol–water partition coefficient (Wildman–Crippen LogP) is 2.65. The van der Waals surface area contributed by atoms with Crippen LogP contribution < -0.4 is 14.9 Å². The van der Waals surface area contributed by atoms with Gasteiger partial charge in [-0.1, -0.05) is 0 Å². The van der Waals surface area contributed by atoms with Gasteiger partial charge >= 0.3 is 0 Å². The molecule has 1 heterocycles. The second-order valence-electron chi connectivity index (χ2n) is 5.00. The Bertz CT molecular complexity index is 710. The first kappa shape index (κ1) is 16.1. The number of aromatic nitrogens is 1. The number of anilines is 4. The van der Waals surface area contributed by atoms with E-state index in [-0.39, 0.29) is 5.75 Å². The fourth-order valence-corrected chi connectivity index (χ4v) is 2.35. The molecule has 0 spiro atoms. The summed E-state index contributed by atoms with van der Waals surface area (Å²) in [5.74, 6) is 0.336. The molecule has 0 atom stereocenters. The van der Waals surface area contributed by atoms with Crippen molar-refractivity contribution < 1.29 is 8.42 Å². The molecule has 22 heavy (non-hydrogen) atoms. The molecule has 0 aliphatic heterocycles. The molecule has 0 radical (unpaired) electrons. The van der Waals surface area contributed by atoms with Crippen LogP contribution in [0.25, 0.3) is 0 Å². The van der Waals surface area contributed by atoms with E-state index in [4.69, 9.17) is 0 Å². The van der Waals surface area contributed by atoms with E-state index in [1.807, 2.05) is 43.3 Å². The highest BCUT2D eigenvalue weighted by atomic mass is 32.2. The molecule has 2 aromatic rings. The van der Waals surface area contributed by atoms with Crippen molar-refractivity contribution in [2.75, 3.05) is 34.8 Å². The number of nitrogens with zero attached hydrogens (tertiary/aromatic N) is 2. The SMILES string of the molecule is CCS(=O)(=O)Nc1ccc(Nc2ccc(N(C)C)cc2)cn1. The normalized spacial score (nSPS) is 11.0. The van der Waals surface area contributed by atoms with Gasteiger partial charge in [0.15, 0.2) is 0 Å². The molecule has 118 valence electrons. The lowest BCUT2D eigenvalue weighted by Gasteiger charge is -2.13. The van der Waals surface area contributed by atoms with Crippen molar-refractivity contribution in [3.05, 3.63) is 42.6 Å². The lowest BCUT2D eigenvalue weighted by Crippen LogP contribution is -2.15. The lowest BCUT2D eigenvalue weighted by molar-refractivity contribution is 0.602. The highest BCUT2D eigenvalue weighted by molar-refractivity contribution is 7.92. The van der Waals surface area contributed by atoms with Crippen LogP contribution >= 0.6 is 0 Å². The minimum atomic E-state index is -3.29. The topological polar surface area (TPSA) is 74.3 Å². The van der Waals surface area contributed by atoms with Crippen LogP contribution in [-0.4, -0.2) is 33.2 Å². The van der Waals surface area contributed by atoms with Crippen LogP contribution in [0.2, 0.25) is 0 Å². The minimum absolute atomic E-state index is 0.0207. The van der Waals surface area contributed by atoms with Crippen LogP contribution in [0, 0.1) is 0 Å². The maximum atomic E-state index is 11.5. The first-order valence-electron chi connectivity index (χ1n) is 6.90. The number of sulfonamides is 1. The number of rotatable bonds is 6. The molecule has 0 fully saturated rings. The highest BCUT2D eigenvalue weighted by Crippen LogP contribution is 2.20. The van der Waals surface area contributed by atoms with Crippen LogP contribution in [0.1, 0.15) is 6.92 Å². The third kappa shape index (κ3) is 4.36. The number of hydrogen-bond acceptors (Lipinski definition) is 5. The van der Waals surface area contributed by atoms with Crippen molar-refractivity contribution in [1.29, 1.82) is 0 Å². The second kappa shape index (κ2) is 6.65. The zero-order valence-corrected chi connectivity index (χ0v) is 13.7. The standard InChI is InChI=1S/C15H20N4O2S/c1-4-22(20,21)18-15-10-7-13(11-16-15)17-12-5-8-14(9-6-12)19(2)3/h5-11,17H,4H2,1-3H3,(H,16,18). The fraction of sp³-hybridized carbons (Fsp3) is 0.267. The molecule has 2 N–H and O–H groups in total. The summed E-state index contributed by atoms with van der Waals surface area (Å²) in [5.41, 5.74) is 2.85. The molecule has 0 amide bonds. The Morgan fingerprint density at radius 1 is 1.05 bits per heavy atom. The Labute approximate surface area is 131 Å². The molecule has 1 aromatic carbocycles. The van der Waals surface area contributed by atoms with Crippen molar-refractivity contribution in [1.82, 2.24) is 4.98 Å². The first-order chi connectivity index (χ1) is 10.4. The summed E-state index contributed by atoms with van der Waals surface area (Å²) in [6, 6.07) is 11.4. The maximum Gasteiger partial charge on any atom is 0.233 e. The van der Waals surface area contributed by atoms with E-state index in [1.54, 1.807) is 25.3 Å². The van der Waals surface area contributed by atoms with E-state index >= 15 is 0 Å². The van der Waals surface area contributed by atoms with Crippen LogP contribution in [0.3, 0.4) is 0 Å². The van der Waals surface area contributed by atoms with Gasteiger partial charge in [-0.3, -0.25) is 4.72 Å². The summed E-state index contributed by atoms with van der Waals surface area (Å²) >= 11 is 0. The molecule has 1 aromatic heterocycles. The average Bonchev–Trinajstić information content (AvgIpc) is 2.49. The van der Waals surface area contributed by atoms with Gasteiger partial charge in [-0.2, -0.15) is 0 Å². The van der Waals surface area contributed by atoms with Crippen molar-refractivity contribution in [2.24, 2.45) is 0 Å². The van der Waals surface area contributed by atoms with Crippen LogP contribution in [0.15, 0.2) is 42.6 Å². The number of benzene rings is 1. The third-order valence-electron chi connectivity index (χ3n) is 3.08. The molecular formula is C15H20N4O2S. The van der Waals surface area contributed by atoms with E-state index < -0.39 is 10.0 Å². The zero-order valence-electron chi connectivity index (χ0n) is 12.9. The quantitative estimate of drug-likeness (QED) is 0.856. The van der Waals surface area contributed by atoms with E-state index in [0.717, 1.165) is 17.1 Å². The number of nitrogens with one attached hydrogen (secondary N) is 2. The van der Waals surface area contributed by atoms with Gasteiger partial charge in [0.05, 0.1) is 17.6 Å². The number of pyridine rings is 1. The monoisotopic (exact) mass is 320 g/mol. The van der Waals surface area contributed by atoms with Crippen molar-refractivity contribution in [2.45, 2.75) is 6.92 Å². The van der Waals surface area contributed by atoms with Gasteiger partial charge in [0.1, 0.15) is 5.82 Å². The molecule has 0 unspecified atom stereocenters. The molecule has 2 rings (SSSR count). The molecule has 0 bridgehead atoms. The van der Waals surface area contributed by atoms with E-state index in [2.05, 4.69) is 15.0 Å². The minimum Gasteiger partial charge on any atom is -0.378 e. The molecule has 0 saturated carbocycles. The molecular weight excluding hydrogens is 300 g/mol.